The normalized spacial score (nSPS) is 16.9. The van der Waals surface area contributed by atoms with Crippen molar-refractivity contribution in [2.75, 3.05) is 0 Å². The van der Waals surface area contributed by atoms with E-state index in [1.54, 1.807) is 0 Å². The van der Waals surface area contributed by atoms with Crippen LogP contribution in [0.15, 0.2) is 22.9 Å². The van der Waals surface area contributed by atoms with Crippen LogP contribution >= 0.6 is 0 Å². The predicted molar refractivity (Wildman–Crippen MR) is 90.0 cm³/mol. The van der Waals surface area contributed by atoms with Gasteiger partial charge >= 0.3 is 18.2 Å². The van der Waals surface area contributed by atoms with Crippen LogP contribution in [0.25, 0.3) is 5.82 Å². The Morgan fingerprint density at radius 1 is 1.19 bits per heavy atom. The van der Waals surface area contributed by atoms with E-state index < -0.39 is 35.9 Å². The summed E-state index contributed by atoms with van der Waals surface area (Å²) in [7, 11) is 1.22. The van der Waals surface area contributed by atoms with E-state index in [2.05, 4.69) is 24.9 Å². The molecule has 3 aromatic rings. The first-order valence-corrected chi connectivity index (χ1v) is 8.97. The number of carbonyl (C=O) groups excluding carboxylic acids is 1. The third kappa shape index (κ3) is 4.01. The number of nitrogens with zero attached hydrogens (tertiary/aromatic N) is 5. The zero-order chi connectivity index (χ0) is 22.6. The van der Waals surface area contributed by atoms with Gasteiger partial charge < -0.3 is 9.73 Å². The molecule has 14 heteroatoms. The summed E-state index contributed by atoms with van der Waals surface area (Å²) in [5.41, 5.74) is -0.398. The lowest BCUT2D eigenvalue weighted by Gasteiger charge is -2.22. The Labute approximate surface area is 169 Å². The van der Waals surface area contributed by atoms with Gasteiger partial charge in [-0.3, -0.25) is 9.48 Å². The van der Waals surface area contributed by atoms with E-state index in [1.807, 2.05) is 0 Å². The number of rotatable bonds is 3. The molecule has 0 fully saturated rings. The Hall–Kier alpha value is -3.32. The number of carbonyl (C=O) groups is 1. The smallest absolute Gasteiger partial charge is 0.439 e. The molecule has 166 valence electrons. The molecule has 1 aliphatic rings. The van der Waals surface area contributed by atoms with Crippen molar-refractivity contribution >= 4 is 5.91 Å². The first-order valence-electron chi connectivity index (χ1n) is 8.97. The van der Waals surface area contributed by atoms with Gasteiger partial charge in [-0.1, -0.05) is 0 Å². The topological polar surface area (TPSA) is 90.8 Å². The lowest BCUT2D eigenvalue weighted by Crippen LogP contribution is -2.31. The highest BCUT2D eigenvalue weighted by atomic mass is 19.4. The first kappa shape index (κ1) is 20.9. The number of aromatic nitrogens is 5. The minimum atomic E-state index is -4.75. The summed E-state index contributed by atoms with van der Waals surface area (Å²) in [5, 5.41) is 10.2. The molecule has 4 rings (SSSR count). The summed E-state index contributed by atoms with van der Waals surface area (Å²) in [5.74, 6) is -2.37. The Bertz CT molecular complexity index is 1130. The molecule has 3 heterocycles. The third-order valence-electron chi connectivity index (χ3n) is 4.78. The van der Waals surface area contributed by atoms with Crippen LogP contribution in [0.4, 0.5) is 26.3 Å². The van der Waals surface area contributed by atoms with Crippen molar-refractivity contribution in [3.63, 3.8) is 0 Å². The van der Waals surface area contributed by atoms with Crippen molar-refractivity contribution in [2.45, 2.75) is 37.7 Å². The van der Waals surface area contributed by atoms with E-state index in [1.165, 1.54) is 13.2 Å². The van der Waals surface area contributed by atoms with Gasteiger partial charge in [0.25, 0.3) is 5.91 Å². The fourth-order valence-electron chi connectivity index (χ4n) is 3.36. The molecule has 8 nitrogen and oxygen atoms in total. The van der Waals surface area contributed by atoms with Crippen LogP contribution in [0.3, 0.4) is 0 Å². The predicted octanol–water partition coefficient (Wildman–Crippen LogP) is 3.44. The van der Waals surface area contributed by atoms with Crippen LogP contribution in [0, 0.1) is 0 Å². The molecule has 0 saturated carbocycles. The van der Waals surface area contributed by atoms with E-state index in [9.17, 15) is 31.1 Å². The second-order valence-corrected chi connectivity index (χ2v) is 6.94. The van der Waals surface area contributed by atoms with Crippen LogP contribution in [0.2, 0.25) is 0 Å². The molecule has 1 aliphatic carbocycles. The van der Waals surface area contributed by atoms with Gasteiger partial charge in [0.05, 0.1) is 11.7 Å². The highest BCUT2D eigenvalue weighted by Crippen LogP contribution is 2.33. The minimum Gasteiger partial charge on any atom is -0.439 e. The van der Waals surface area contributed by atoms with Gasteiger partial charge in [0.2, 0.25) is 0 Å². The molecular weight excluding hydrogens is 434 g/mol. The molecule has 0 spiro atoms. The van der Waals surface area contributed by atoms with Crippen LogP contribution in [0.1, 0.15) is 52.2 Å². The zero-order valence-electron chi connectivity index (χ0n) is 15.8. The Kier molecular flexibility index (Phi) is 4.81. The Morgan fingerprint density at radius 2 is 1.94 bits per heavy atom. The molecule has 0 bridgehead atoms. The summed E-state index contributed by atoms with van der Waals surface area (Å²) in [6.45, 7) is 0. The van der Waals surface area contributed by atoms with Gasteiger partial charge in [0.15, 0.2) is 11.5 Å². The average molecular weight is 448 g/mol. The van der Waals surface area contributed by atoms with Crippen LogP contribution < -0.4 is 5.32 Å². The van der Waals surface area contributed by atoms with Crippen molar-refractivity contribution in [3.8, 4) is 5.82 Å². The fourth-order valence-corrected chi connectivity index (χ4v) is 3.36. The maximum absolute atomic E-state index is 12.8. The number of amides is 1. The standard InChI is InChI=1S/C17H14F6N6O2/c1-28-11(5-12(27-28)16(18,19)20)14(30)24-9-3-2-4-10-8(9)6-29(26-10)13-7-31-15(25-13)17(21,22)23/h5-7,9H,2-4H2,1H3,(H,24,30)/t9-/m1/s1. The van der Waals surface area contributed by atoms with Crippen LogP contribution in [-0.4, -0.2) is 30.5 Å². The van der Waals surface area contributed by atoms with E-state index in [4.69, 9.17) is 0 Å². The summed E-state index contributed by atoms with van der Waals surface area (Å²) < 4.78 is 83.0. The number of aryl methyl sites for hydroxylation is 2. The minimum absolute atomic E-state index is 0.187. The van der Waals surface area contributed by atoms with Crippen molar-refractivity contribution < 1.29 is 35.6 Å². The van der Waals surface area contributed by atoms with Crippen molar-refractivity contribution in [1.82, 2.24) is 29.9 Å². The van der Waals surface area contributed by atoms with Crippen molar-refractivity contribution in [3.05, 3.63) is 47.1 Å². The second-order valence-electron chi connectivity index (χ2n) is 6.94. The maximum Gasteiger partial charge on any atom is 0.469 e. The van der Waals surface area contributed by atoms with Gasteiger partial charge in [-0.15, -0.1) is 0 Å². The average Bonchev–Trinajstić information content (AvgIpc) is 3.38. The van der Waals surface area contributed by atoms with Crippen LogP contribution in [0.5, 0.6) is 0 Å². The molecule has 0 aliphatic heterocycles. The number of halogens is 6. The summed E-state index contributed by atoms with van der Waals surface area (Å²) in [6.07, 6.45) is -5.61. The van der Waals surface area contributed by atoms with Crippen molar-refractivity contribution in [2.24, 2.45) is 7.05 Å². The summed E-state index contributed by atoms with van der Waals surface area (Å²) in [6, 6.07) is 0.0551. The molecule has 0 aromatic carbocycles. The first-order chi connectivity index (χ1) is 14.4. The number of oxazole rings is 1. The maximum atomic E-state index is 12.8. The number of alkyl halides is 6. The van der Waals surface area contributed by atoms with Gasteiger partial charge in [-0.2, -0.15) is 41.5 Å². The van der Waals surface area contributed by atoms with Gasteiger partial charge in [0, 0.05) is 24.9 Å². The SMILES string of the molecule is Cn1nc(C(F)(F)F)cc1C(=O)N[C@@H]1CCCc2nn(-c3coc(C(F)(F)F)n3)cc21. The van der Waals surface area contributed by atoms with Gasteiger partial charge in [-0.05, 0) is 19.3 Å². The van der Waals surface area contributed by atoms with E-state index >= 15 is 0 Å². The highest BCUT2D eigenvalue weighted by molar-refractivity contribution is 5.93. The number of hydrogen-bond donors (Lipinski definition) is 1. The molecular formula is C17H14F6N6O2. The number of nitrogens with one attached hydrogen (secondary N) is 1. The molecule has 1 amide bonds. The molecule has 0 saturated heterocycles. The van der Waals surface area contributed by atoms with Gasteiger partial charge in [0.1, 0.15) is 12.0 Å². The molecule has 3 aromatic heterocycles. The Balaban J connectivity index is 1.57. The highest BCUT2D eigenvalue weighted by Gasteiger charge is 2.38. The molecule has 1 N–H and O–H groups in total. The van der Waals surface area contributed by atoms with E-state index in [-0.39, 0.29) is 11.5 Å². The fraction of sp³-hybridized carbons (Fsp3) is 0.412. The Morgan fingerprint density at radius 3 is 2.55 bits per heavy atom. The summed E-state index contributed by atoms with van der Waals surface area (Å²) in [4.78, 5) is 15.9. The summed E-state index contributed by atoms with van der Waals surface area (Å²) >= 11 is 0. The zero-order valence-corrected chi connectivity index (χ0v) is 15.8. The second kappa shape index (κ2) is 7.13. The third-order valence-corrected chi connectivity index (χ3v) is 4.78. The van der Waals surface area contributed by atoms with Crippen molar-refractivity contribution in [1.29, 1.82) is 0 Å². The largest absolute Gasteiger partial charge is 0.469 e. The lowest BCUT2D eigenvalue weighted by atomic mass is 9.93. The quantitative estimate of drug-likeness (QED) is 0.620. The monoisotopic (exact) mass is 448 g/mol. The molecule has 0 unspecified atom stereocenters. The lowest BCUT2D eigenvalue weighted by molar-refractivity contribution is -0.157. The van der Waals surface area contributed by atoms with Gasteiger partial charge in [-0.25, -0.2) is 4.68 Å². The molecule has 1 atom stereocenters. The number of hydrogen-bond acceptors (Lipinski definition) is 5. The molecule has 0 radical (unpaired) electrons. The number of fused-ring (bicyclic) bond motifs is 1. The van der Waals surface area contributed by atoms with E-state index in [0.29, 0.717) is 36.6 Å². The van der Waals surface area contributed by atoms with Crippen LogP contribution in [-0.2, 0) is 25.8 Å². The van der Waals surface area contributed by atoms with E-state index in [0.717, 1.165) is 15.6 Å². The molecule has 31 heavy (non-hydrogen) atoms.